The number of amides is 12. The van der Waals surface area contributed by atoms with Crippen molar-refractivity contribution in [2.45, 2.75) is 198 Å². The first-order valence-corrected chi connectivity index (χ1v) is 33.8. The van der Waals surface area contributed by atoms with Crippen molar-refractivity contribution >= 4 is 83.0 Å². The molecule has 1 heterocycles. The number of aliphatic imine (C=N–C) groups is 1. The maximum absolute atomic E-state index is 15.8. The van der Waals surface area contributed by atoms with Crippen LogP contribution in [0.3, 0.4) is 0 Å². The zero-order valence-electron chi connectivity index (χ0n) is 59.4. The molecule has 0 aliphatic carbocycles. The van der Waals surface area contributed by atoms with Gasteiger partial charge in [-0.15, -0.1) is 0 Å². The van der Waals surface area contributed by atoms with Crippen LogP contribution in [0.15, 0.2) is 96.0 Å². The summed E-state index contributed by atoms with van der Waals surface area (Å²) in [5.41, 5.74) is 16.4. The smallest absolute Gasteiger partial charge is 0.408 e. The fourth-order valence-corrected chi connectivity index (χ4v) is 10.5. The highest BCUT2D eigenvalue weighted by Crippen LogP contribution is 2.25. The normalized spacial score (nSPS) is 23.0. The molecule has 0 spiro atoms. The summed E-state index contributed by atoms with van der Waals surface area (Å²) in [5.74, 6) is -17.6. The van der Waals surface area contributed by atoms with Crippen molar-refractivity contribution in [3.63, 3.8) is 0 Å². The van der Waals surface area contributed by atoms with Gasteiger partial charge in [-0.2, -0.15) is 0 Å². The molecule has 103 heavy (non-hydrogen) atoms. The van der Waals surface area contributed by atoms with Crippen LogP contribution in [0.1, 0.15) is 118 Å². The van der Waals surface area contributed by atoms with Gasteiger partial charge in [0.1, 0.15) is 60.0 Å². The van der Waals surface area contributed by atoms with E-state index in [1.807, 2.05) is 10.6 Å². The van der Waals surface area contributed by atoms with Crippen molar-refractivity contribution in [3.05, 3.63) is 108 Å². The number of aliphatic hydroxyl groups is 4. The molecule has 15 atom stereocenters. The molecule has 34 nitrogen and oxygen atoms in total. The summed E-state index contributed by atoms with van der Waals surface area (Å²) < 4.78 is 11.5. The van der Waals surface area contributed by atoms with E-state index in [1.54, 1.807) is 109 Å². The summed E-state index contributed by atoms with van der Waals surface area (Å²) in [4.78, 5) is 191. The van der Waals surface area contributed by atoms with Crippen LogP contribution < -0.4 is 75.7 Å². The van der Waals surface area contributed by atoms with Gasteiger partial charge in [-0.3, -0.25) is 57.7 Å². The van der Waals surface area contributed by atoms with E-state index in [2.05, 4.69) is 52.8 Å². The second-order valence-corrected chi connectivity index (χ2v) is 26.8. The lowest BCUT2D eigenvalue weighted by molar-refractivity contribution is -0.159. The van der Waals surface area contributed by atoms with Gasteiger partial charge in [-0.05, 0) is 81.4 Å². The first kappa shape index (κ1) is 85.1. The van der Waals surface area contributed by atoms with E-state index < -0.39 is 198 Å². The van der Waals surface area contributed by atoms with E-state index >= 15 is 14.4 Å². The minimum absolute atomic E-state index is 0.0220. The zero-order chi connectivity index (χ0) is 77.0. The summed E-state index contributed by atoms with van der Waals surface area (Å²) in [6.45, 7) is 12.9. The van der Waals surface area contributed by atoms with Crippen molar-refractivity contribution in [2.75, 3.05) is 19.7 Å². The molecule has 0 unspecified atom stereocenters. The Bertz CT molecular complexity index is 3410. The lowest BCUT2D eigenvalue weighted by atomic mass is 9.95. The molecule has 21 N–H and O–H groups in total. The average Bonchev–Trinajstić information content (AvgIpc) is 0.813. The summed E-state index contributed by atoms with van der Waals surface area (Å²) in [5, 5.41) is 71.3. The SMILES string of the molecule is CC[C@H](C)[C@@H]1NC(=O)[C@@H](CCCN=C(N)N)NC(=O)[C@H](CC(C)C)NC(=O)[C@H]([C@H](O)C(C)C)NC(=O)[C@@H](NC(=O)[C@H](Cc2ccccc2)NC(=O)[C@@H](Cc2ccccc2)NC(=O)OC(C)(C)C)[C@@H](c2ccccc2)OC(=O)[C@H](CO)NC(=O)[C@H]([C@H](O)C(N)=O)NC(=O)CNC(=O)[C@H]([C@H](C)O)NC1=O. The Labute approximate surface area is 597 Å². The summed E-state index contributed by atoms with van der Waals surface area (Å²) in [6, 6.07) is 4.67. The minimum atomic E-state index is -2.61. The van der Waals surface area contributed by atoms with Crippen LogP contribution in [0.25, 0.3) is 0 Å². The monoisotopic (exact) mass is 1440 g/mol. The van der Waals surface area contributed by atoms with E-state index in [4.69, 9.17) is 26.7 Å². The predicted octanol–water partition coefficient (Wildman–Crippen LogP) is -3.48. The first-order chi connectivity index (χ1) is 48.4. The number of alkyl carbamates (subject to hydrolysis) is 1. The molecule has 1 fully saturated rings. The van der Waals surface area contributed by atoms with Crippen LogP contribution in [0, 0.1) is 17.8 Å². The Balaban J connectivity index is 2.04. The van der Waals surface area contributed by atoms with Crippen molar-refractivity contribution in [3.8, 4) is 0 Å². The second-order valence-electron chi connectivity index (χ2n) is 26.8. The molecular weight excluding hydrogens is 1340 g/mol. The number of aliphatic hydroxyl groups excluding tert-OH is 4. The van der Waals surface area contributed by atoms with Crippen LogP contribution in [-0.2, 0) is 79.8 Å². The largest absolute Gasteiger partial charge is 0.453 e. The van der Waals surface area contributed by atoms with Gasteiger partial charge in [-0.25, -0.2) is 9.59 Å². The Hall–Kier alpha value is -10.3. The second kappa shape index (κ2) is 41.0. The molecule has 0 saturated carbocycles. The number of nitrogens with one attached hydrogen (secondary N) is 11. The molecule has 0 radical (unpaired) electrons. The van der Waals surface area contributed by atoms with Crippen LogP contribution in [0.4, 0.5) is 4.79 Å². The maximum atomic E-state index is 15.8. The number of rotatable bonds is 24. The third kappa shape index (κ3) is 27.9. The van der Waals surface area contributed by atoms with Crippen molar-refractivity contribution in [1.29, 1.82) is 0 Å². The first-order valence-electron chi connectivity index (χ1n) is 33.8. The maximum Gasteiger partial charge on any atom is 0.408 e. The number of guanidine groups is 1. The van der Waals surface area contributed by atoms with Crippen molar-refractivity contribution in [1.82, 2.24) is 58.5 Å². The van der Waals surface area contributed by atoms with Crippen LogP contribution in [-0.4, -0.2) is 207 Å². The molecule has 3 aromatic carbocycles. The van der Waals surface area contributed by atoms with E-state index in [0.29, 0.717) is 11.1 Å². The molecule has 1 saturated heterocycles. The number of cyclic esters (lactones) is 1. The summed E-state index contributed by atoms with van der Waals surface area (Å²) in [6.07, 6.45) is -10.0. The molecule has 566 valence electrons. The fraction of sp³-hybridized carbons (Fsp3) is 0.536. The Morgan fingerprint density at radius 1 is 0.612 bits per heavy atom. The van der Waals surface area contributed by atoms with Crippen LogP contribution in [0.2, 0.25) is 0 Å². The average molecular weight is 1440 g/mol. The van der Waals surface area contributed by atoms with Crippen molar-refractivity contribution < 1.29 is 92.2 Å². The molecule has 3 aromatic rings. The third-order valence-electron chi connectivity index (χ3n) is 16.3. The standard InChI is InChI=1S/C69H101N15O19/c1-11-37(6)48-62(96)82-49(38(7)86)61(95)74-33-47(87)80-51(54(89)56(70)90)64(98)78-46(34-85)66(100)102-55(41-26-19-14-20-27-41)52(65(99)83-50(53(88)36(4)5)63(97)77-43(30-35(2)3)58(92)75-42(57(91)81-48)28-21-29-73-67(71)72)84-60(94)44(31-39-22-15-12-16-23-39)76-59(93)45(32-40-24-17-13-18-25-40)79-68(101)103-69(8,9)10/h12-20,22-27,35-38,42-46,48-55,85-86,88-89H,11,21,28-34H2,1-10H3,(H2,70,90)(H,74,95)(H,75,92)(H,76,93)(H,77,97)(H,78,98)(H,79,101)(H,80,87)(H,81,91)(H,82,96)(H,83,99)(H,84,94)(H4,71,72,73)/t37-,38-,42+,43-,44-,45+,46-,48-,49-,50-,51-,52-,53+,54-,55+/m0/s1. The molecular formula is C69H101N15O19. The van der Waals surface area contributed by atoms with E-state index in [0.717, 1.165) is 6.92 Å². The highest BCUT2D eigenvalue weighted by atomic mass is 16.6. The predicted molar refractivity (Wildman–Crippen MR) is 373 cm³/mol. The Morgan fingerprint density at radius 2 is 1.12 bits per heavy atom. The number of benzene rings is 3. The number of primary amides is 1. The summed E-state index contributed by atoms with van der Waals surface area (Å²) in [7, 11) is 0. The minimum Gasteiger partial charge on any atom is -0.453 e. The van der Waals surface area contributed by atoms with Crippen molar-refractivity contribution in [2.24, 2.45) is 39.9 Å². The van der Waals surface area contributed by atoms with Crippen LogP contribution >= 0.6 is 0 Å². The molecule has 12 amide bonds. The molecule has 1 aliphatic heterocycles. The number of nitrogens with zero attached hydrogens (tertiary/aromatic N) is 1. The quantitative estimate of drug-likeness (QED) is 0.0179. The number of carbonyl (C=O) groups excluding carboxylic acids is 13. The lowest BCUT2D eigenvalue weighted by Crippen LogP contribution is -2.64. The Morgan fingerprint density at radius 3 is 1.63 bits per heavy atom. The molecule has 0 aromatic heterocycles. The van der Waals surface area contributed by atoms with Gasteiger partial charge in [0.15, 0.2) is 24.2 Å². The van der Waals surface area contributed by atoms with Gasteiger partial charge in [0.2, 0.25) is 65.0 Å². The number of hydrogen-bond acceptors (Lipinski definition) is 20. The number of carbonyl (C=O) groups is 13. The number of esters is 1. The summed E-state index contributed by atoms with van der Waals surface area (Å²) >= 11 is 0. The fourth-order valence-electron chi connectivity index (χ4n) is 10.5. The molecule has 1 aliphatic rings. The zero-order valence-corrected chi connectivity index (χ0v) is 59.4. The van der Waals surface area contributed by atoms with Gasteiger partial charge in [0, 0.05) is 19.4 Å². The van der Waals surface area contributed by atoms with Gasteiger partial charge < -0.3 is 106 Å². The highest BCUT2D eigenvalue weighted by Gasteiger charge is 2.44. The lowest BCUT2D eigenvalue weighted by Gasteiger charge is -2.33. The number of ether oxygens (including phenoxy) is 2. The number of nitrogens with two attached hydrogens (primary N) is 3. The number of hydrogen-bond donors (Lipinski definition) is 18. The Kier molecular flexibility index (Phi) is 33.8. The molecule has 0 bridgehead atoms. The molecule has 34 heteroatoms. The van der Waals surface area contributed by atoms with Gasteiger partial charge in [0.05, 0.1) is 25.4 Å². The van der Waals surface area contributed by atoms with Gasteiger partial charge >= 0.3 is 12.1 Å². The van der Waals surface area contributed by atoms with Gasteiger partial charge in [0.25, 0.3) is 0 Å². The van der Waals surface area contributed by atoms with Crippen LogP contribution in [0.5, 0.6) is 0 Å². The van der Waals surface area contributed by atoms with E-state index in [1.165, 1.54) is 44.2 Å². The highest BCUT2D eigenvalue weighted by molar-refractivity contribution is 6.00. The molecule has 4 rings (SSSR count). The topological polar surface area (TPSA) is 544 Å². The third-order valence-corrected chi connectivity index (χ3v) is 16.3. The van der Waals surface area contributed by atoms with Gasteiger partial charge in [-0.1, -0.05) is 139 Å². The van der Waals surface area contributed by atoms with E-state index in [9.17, 15) is 68.4 Å². The van der Waals surface area contributed by atoms with E-state index in [-0.39, 0.29) is 56.6 Å².